The van der Waals surface area contributed by atoms with Crippen LogP contribution < -0.4 is 10.2 Å². The number of aryl methyl sites for hydroxylation is 1. The molecule has 2 amide bonds. The highest BCUT2D eigenvalue weighted by Crippen LogP contribution is 2.13. The van der Waals surface area contributed by atoms with Gasteiger partial charge in [-0.05, 0) is 65.3 Å². The minimum absolute atomic E-state index is 0.0191. The number of amides is 2. The van der Waals surface area contributed by atoms with Gasteiger partial charge < -0.3 is 9.64 Å². The predicted molar refractivity (Wildman–Crippen MR) is 109 cm³/mol. The molecule has 0 spiro atoms. The van der Waals surface area contributed by atoms with E-state index in [2.05, 4.69) is 38.2 Å². The summed E-state index contributed by atoms with van der Waals surface area (Å²) in [5.74, 6) is 0.315. The second-order valence-electron chi connectivity index (χ2n) is 6.11. The second kappa shape index (κ2) is 8.98. The third-order valence-electron chi connectivity index (χ3n) is 4.19. The van der Waals surface area contributed by atoms with Crippen molar-refractivity contribution in [3.05, 3.63) is 45.3 Å². The summed E-state index contributed by atoms with van der Waals surface area (Å²) in [7, 11) is 1.70. The molecule has 8 nitrogen and oxygen atoms in total. The number of hydrogen-bond acceptors (Lipinski definition) is 5. The molecule has 1 fully saturated rings. The van der Waals surface area contributed by atoms with Crippen molar-refractivity contribution in [2.45, 2.75) is 12.8 Å². The van der Waals surface area contributed by atoms with E-state index in [4.69, 9.17) is 4.74 Å². The summed E-state index contributed by atoms with van der Waals surface area (Å²) in [5.41, 5.74) is 3.74. The molecule has 142 valence electrons. The van der Waals surface area contributed by atoms with Crippen molar-refractivity contribution in [1.82, 2.24) is 20.1 Å². The molecule has 27 heavy (non-hydrogen) atoms. The number of carbonyl (C=O) groups excluding carboxylic acids is 2. The van der Waals surface area contributed by atoms with Gasteiger partial charge in [0.1, 0.15) is 11.4 Å². The van der Waals surface area contributed by atoms with Crippen LogP contribution in [0.25, 0.3) is 0 Å². The molecule has 1 aromatic heterocycles. The first kappa shape index (κ1) is 19.3. The molecule has 0 aliphatic carbocycles. The summed E-state index contributed by atoms with van der Waals surface area (Å²) in [6.07, 6.45) is 5.29. The number of ether oxygens (including phenoxy) is 1. The molecule has 1 saturated heterocycles. The van der Waals surface area contributed by atoms with Crippen LogP contribution in [0.5, 0.6) is 5.75 Å². The number of aromatic nitrogens is 2. The smallest absolute Gasteiger partial charge is 0.290 e. The monoisotopic (exact) mass is 481 g/mol. The third-order valence-corrected chi connectivity index (χ3v) is 4.98. The van der Waals surface area contributed by atoms with Crippen LogP contribution in [0.2, 0.25) is 0 Å². The van der Waals surface area contributed by atoms with E-state index in [1.165, 1.54) is 4.68 Å². The van der Waals surface area contributed by atoms with Crippen LogP contribution in [-0.2, 0) is 11.8 Å². The fourth-order valence-electron chi connectivity index (χ4n) is 2.74. The summed E-state index contributed by atoms with van der Waals surface area (Å²) in [5, 5.41) is 7.99. The summed E-state index contributed by atoms with van der Waals surface area (Å²) in [6, 6.07) is 7.15. The van der Waals surface area contributed by atoms with Gasteiger partial charge in [-0.15, -0.1) is 0 Å². The number of nitrogens with zero attached hydrogens (tertiary/aromatic N) is 4. The maximum Gasteiger partial charge on any atom is 0.290 e. The first-order valence-corrected chi connectivity index (χ1v) is 9.64. The lowest BCUT2D eigenvalue weighted by Gasteiger charge is -2.15. The maximum atomic E-state index is 12.1. The average molecular weight is 481 g/mol. The highest BCUT2D eigenvalue weighted by molar-refractivity contribution is 14.1. The number of likely N-dealkylation sites (tertiary alicyclic amines) is 1. The Labute approximate surface area is 170 Å². The Balaban J connectivity index is 1.49. The standard InChI is InChI=1S/C18H20IN5O3/c1-23-17(15(19)11-21-23)18(26)22-20-10-13-4-6-14(7-5-13)27-12-16(25)24-8-2-3-9-24/h4-7,10-11H,2-3,8-9,12H2,1H3,(H,22,26)/b20-10+. The topological polar surface area (TPSA) is 88.8 Å². The van der Waals surface area contributed by atoms with E-state index in [1.54, 1.807) is 43.7 Å². The van der Waals surface area contributed by atoms with E-state index in [0.717, 1.165) is 35.1 Å². The summed E-state index contributed by atoms with van der Waals surface area (Å²) in [4.78, 5) is 25.9. The molecule has 1 aliphatic heterocycles. The summed E-state index contributed by atoms with van der Waals surface area (Å²) >= 11 is 2.05. The van der Waals surface area contributed by atoms with Gasteiger partial charge in [-0.2, -0.15) is 10.2 Å². The van der Waals surface area contributed by atoms with Crippen molar-refractivity contribution < 1.29 is 14.3 Å². The van der Waals surface area contributed by atoms with Crippen LogP contribution in [0.4, 0.5) is 0 Å². The van der Waals surface area contributed by atoms with Crippen molar-refractivity contribution in [3.8, 4) is 5.75 Å². The van der Waals surface area contributed by atoms with Gasteiger partial charge in [-0.1, -0.05) is 0 Å². The summed E-state index contributed by atoms with van der Waals surface area (Å²) in [6.45, 7) is 1.69. The molecule has 9 heteroatoms. The molecule has 3 rings (SSSR count). The Kier molecular flexibility index (Phi) is 6.43. The lowest BCUT2D eigenvalue weighted by atomic mass is 10.2. The van der Waals surface area contributed by atoms with E-state index in [9.17, 15) is 9.59 Å². The molecular weight excluding hydrogens is 461 g/mol. The van der Waals surface area contributed by atoms with Gasteiger partial charge >= 0.3 is 0 Å². The zero-order chi connectivity index (χ0) is 19.2. The number of hydrazone groups is 1. The van der Waals surface area contributed by atoms with Crippen LogP contribution in [0.3, 0.4) is 0 Å². The highest BCUT2D eigenvalue weighted by atomic mass is 127. The molecule has 1 aliphatic rings. The van der Waals surface area contributed by atoms with E-state index in [1.807, 2.05) is 4.90 Å². The van der Waals surface area contributed by atoms with Crippen LogP contribution in [0.1, 0.15) is 28.9 Å². The van der Waals surface area contributed by atoms with E-state index >= 15 is 0 Å². The highest BCUT2D eigenvalue weighted by Gasteiger charge is 2.18. The zero-order valence-electron chi connectivity index (χ0n) is 14.9. The average Bonchev–Trinajstić information content (AvgIpc) is 3.31. The van der Waals surface area contributed by atoms with Crippen molar-refractivity contribution in [1.29, 1.82) is 0 Å². The zero-order valence-corrected chi connectivity index (χ0v) is 17.0. The molecule has 0 bridgehead atoms. The van der Waals surface area contributed by atoms with E-state index in [-0.39, 0.29) is 18.4 Å². The van der Waals surface area contributed by atoms with Crippen LogP contribution >= 0.6 is 22.6 Å². The van der Waals surface area contributed by atoms with Crippen LogP contribution in [0.15, 0.2) is 35.6 Å². The SMILES string of the molecule is Cn1ncc(I)c1C(=O)N/N=C/c1ccc(OCC(=O)N2CCCC2)cc1. The van der Waals surface area contributed by atoms with Gasteiger partial charge in [-0.3, -0.25) is 14.3 Å². The van der Waals surface area contributed by atoms with Crippen molar-refractivity contribution in [2.24, 2.45) is 12.1 Å². The lowest BCUT2D eigenvalue weighted by Crippen LogP contribution is -2.32. The Morgan fingerprint density at radius 2 is 2.00 bits per heavy atom. The van der Waals surface area contributed by atoms with Crippen molar-refractivity contribution in [3.63, 3.8) is 0 Å². The first-order chi connectivity index (χ1) is 13.0. The van der Waals surface area contributed by atoms with Crippen LogP contribution in [-0.4, -0.2) is 52.4 Å². The van der Waals surface area contributed by atoms with Gasteiger partial charge in [0.25, 0.3) is 11.8 Å². The second-order valence-corrected chi connectivity index (χ2v) is 7.27. The van der Waals surface area contributed by atoms with Gasteiger partial charge in [0.2, 0.25) is 0 Å². The Morgan fingerprint density at radius 1 is 1.30 bits per heavy atom. The fourth-order valence-corrected chi connectivity index (χ4v) is 3.46. The number of benzene rings is 1. The van der Waals surface area contributed by atoms with E-state index < -0.39 is 0 Å². The molecule has 1 aromatic carbocycles. The Bertz CT molecular complexity index is 822. The Morgan fingerprint density at radius 3 is 2.63 bits per heavy atom. The molecule has 0 atom stereocenters. The van der Waals surface area contributed by atoms with Crippen molar-refractivity contribution in [2.75, 3.05) is 19.7 Å². The molecule has 2 aromatic rings. The first-order valence-electron chi connectivity index (χ1n) is 8.56. The molecule has 1 N–H and O–H groups in total. The molecule has 0 unspecified atom stereocenters. The Hall–Kier alpha value is -2.43. The largest absolute Gasteiger partial charge is 0.484 e. The normalized spacial score (nSPS) is 13.9. The van der Waals surface area contributed by atoms with Crippen LogP contribution in [0, 0.1) is 3.57 Å². The maximum absolute atomic E-state index is 12.1. The van der Waals surface area contributed by atoms with Gasteiger partial charge in [0, 0.05) is 20.1 Å². The van der Waals surface area contributed by atoms with Gasteiger partial charge in [0.15, 0.2) is 6.61 Å². The van der Waals surface area contributed by atoms with Gasteiger partial charge in [0.05, 0.1) is 16.0 Å². The molecule has 0 radical (unpaired) electrons. The minimum Gasteiger partial charge on any atom is -0.484 e. The minimum atomic E-state index is -0.323. The third kappa shape index (κ3) is 5.06. The number of rotatable bonds is 6. The van der Waals surface area contributed by atoms with Crippen molar-refractivity contribution >= 4 is 40.6 Å². The summed E-state index contributed by atoms with van der Waals surface area (Å²) < 4.78 is 7.80. The molecular formula is C18H20IN5O3. The quantitative estimate of drug-likeness (QED) is 0.387. The number of carbonyl (C=O) groups is 2. The van der Waals surface area contributed by atoms with E-state index in [0.29, 0.717) is 11.4 Å². The number of nitrogens with one attached hydrogen (secondary N) is 1. The number of halogens is 1. The predicted octanol–water partition coefficient (Wildman–Crippen LogP) is 1.79. The fraction of sp³-hybridized carbons (Fsp3) is 0.333. The molecule has 2 heterocycles. The van der Waals surface area contributed by atoms with Gasteiger partial charge in [-0.25, -0.2) is 5.43 Å². The lowest BCUT2D eigenvalue weighted by molar-refractivity contribution is -0.132. The number of hydrogen-bond donors (Lipinski definition) is 1. The molecule has 0 saturated carbocycles.